The molecule has 1 heterocycles. The first-order valence-corrected chi connectivity index (χ1v) is 13.9. The van der Waals surface area contributed by atoms with E-state index < -0.39 is 21.6 Å². The van der Waals surface area contributed by atoms with Crippen molar-refractivity contribution in [2.45, 2.75) is 42.9 Å². The van der Waals surface area contributed by atoms with Gasteiger partial charge in [-0.1, -0.05) is 80.6 Å². The predicted molar refractivity (Wildman–Crippen MR) is 148 cm³/mol. The number of carbonyl (C=O) groups is 3. The molecule has 2 bridgehead atoms. The van der Waals surface area contributed by atoms with Gasteiger partial charge in [0.25, 0.3) is 0 Å². The molecule has 0 unspecified atom stereocenters. The smallest absolute Gasteiger partial charge is 0.235 e. The van der Waals surface area contributed by atoms with E-state index in [2.05, 4.69) is 5.32 Å². The van der Waals surface area contributed by atoms with Gasteiger partial charge < -0.3 is 5.32 Å². The molecular weight excluding hydrogens is 519 g/mol. The molecule has 7 heteroatoms. The quantitative estimate of drug-likeness (QED) is 0.317. The van der Waals surface area contributed by atoms with Crippen molar-refractivity contribution < 1.29 is 14.4 Å². The van der Waals surface area contributed by atoms with E-state index in [4.69, 9.17) is 23.2 Å². The topological polar surface area (TPSA) is 66.5 Å². The van der Waals surface area contributed by atoms with Gasteiger partial charge in [-0.25, -0.2) is 0 Å². The Morgan fingerprint density at radius 1 is 0.763 bits per heavy atom. The fraction of sp³-hybridized carbons (Fsp3) is 0.323. The Kier molecular flexibility index (Phi) is 5.93. The molecule has 0 spiro atoms. The highest BCUT2D eigenvalue weighted by Gasteiger charge is 2.72. The van der Waals surface area contributed by atoms with Gasteiger partial charge >= 0.3 is 0 Å². The zero-order chi connectivity index (χ0) is 26.8. The van der Waals surface area contributed by atoms with Crippen LogP contribution in [0.4, 0.5) is 5.69 Å². The monoisotopic (exact) mass is 546 g/mol. The van der Waals surface area contributed by atoms with Crippen LogP contribution in [-0.4, -0.2) is 29.2 Å². The summed E-state index contributed by atoms with van der Waals surface area (Å²) >= 11 is 14.9. The predicted octanol–water partition coefficient (Wildman–Crippen LogP) is 5.73. The molecule has 3 aliphatic carbocycles. The van der Waals surface area contributed by atoms with E-state index in [0.717, 1.165) is 51.9 Å². The fourth-order valence-electron chi connectivity index (χ4n) is 6.76. The highest BCUT2D eigenvalue weighted by molar-refractivity contribution is 6.36. The lowest BCUT2D eigenvalue weighted by molar-refractivity contribution is -0.140. The van der Waals surface area contributed by atoms with E-state index in [9.17, 15) is 14.4 Å². The SMILES string of the molecule is CCc1cccc(CC)c1NC(=O)CCN1C(=O)[C@@H]2[C@H](C1=O)C1(Cl)c3ccccc3C2(Cl)c2ccccc21. The minimum absolute atomic E-state index is 0.0113. The number of amides is 3. The highest BCUT2D eigenvalue weighted by atomic mass is 35.5. The molecule has 0 radical (unpaired) electrons. The summed E-state index contributed by atoms with van der Waals surface area (Å²) in [4.78, 5) is 39.6. The number of hydrogen-bond acceptors (Lipinski definition) is 3. The van der Waals surface area contributed by atoms with Crippen LogP contribution < -0.4 is 5.32 Å². The molecule has 1 fully saturated rings. The largest absolute Gasteiger partial charge is 0.326 e. The number of nitrogens with zero attached hydrogens (tertiary/aromatic N) is 1. The number of aryl methyl sites for hydroxylation is 2. The van der Waals surface area contributed by atoms with Crippen LogP contribution in [0.15, 0.2) is 66.7 Å². The summed E-state index contributed by atoms with van der Waals surface area (Å²) in [5.74, 6) is -2.70. The van der Waals surface area contributed by atoms with Gasteiger partial charge in [-0.3, -0.25) is 19.3 Å². The van der Waals surface area contributed by atoms with E-state index in [0.29, 0.717) is 0 Å². The first-order chi connectivity index (χ1) is 18.3. The first kappa shape index (κ1) is 25.1. The molecule has 38 heavy (non-hydrogen) atoms. The molecule has 3 amide bonds. The number of anilines is 1. The number of alkyl halides is 2. The second kappa shape index (κ2) is 8.96. The summed E-state index contributed by atoms with van der Waals surface area (Å²) in [5.41, 5.74) is 5.98. The summed E-state index contributed by atoms with van der Waals surface area (Å²) in [5, 5.41) is 3.03. The number of likely N-dealkylation sites (tertiary alicyclic amines) is 1. The first-order valence-electron chi connectivity index (χ1n) is 13.1. The molecular formula is C31H28Cl2N2O3. The van der Waals surface area contributed by atoms with Crippen molar-refractivity contribution in [1.29, 1.82) is 0 Å². The van der Waals surface area contributed by atoms with Crippen molar-refractivity contribution >= 4 is 46.6 Å². The number of benzene rings is 3. The standard InChI is InChI=1S/C31H28Cl2N2O3/c1-3-18-10-9-11-19(4-2)27(18)34-24(36)16-17-35-28(37)25-26(29(35)38)31(33)21-13-6-5-12-20(21)30(25,32)22-14-7-8-15-23(22)31/h5-15,25-26H,3-4,16-17H2,1-2H3,(H,34,36)/t25-,26+,30?,31?. The maximum Gasteiger partial charge on any atom is 0.235 e. The van der Waals surface area contributed by atoms with Crippen molar-refractivity contribution in [3.05, 3.63) is 100 Å². The van der Waals surface area contributed by atoms with Crippen LogP contribution in [0.5, 0.6) is 0 Å². The maximum absolute atomic E-state index is 13.9. The van der Waals surface area contributed by atoms with Crippen LogP contribution in [0.25, 0.3) is 0 Å². The zero-order valence-corrected chi connectivity index (χ0v) is 22.8. The number of hydrogen-bond donors (Lipinski definition) is 1. The van der Waals surface area contributed by atoms with Gasteiger partial charge in [0.1, 0.15) is 9.75 Å². The number of nitrogens with one attached hydrogen (secondary N) is 1. The van der Waals surface area contributed by atoms with Crippen LogP contribution in [0.2, 0.25) is 0 Å². The molecule has 3 aromatic rings. The molecule has 4 aliphatic rings. The summed E-state index contributed by atoms with van der Waals surface area (Å²) in [6, 6.07) is 21.1. The van der Waals surface area contributed by atoms with Crippen LogP contribution in [0.3, 0.4) is 0 Å². The Morgan fingerprint density at radius 2 is 1.18 bits per heavy atom. The Morgan fingerprint density at radius 3 is 1.58 bits per heavy atom. The minimum atomic E-state index is -1.21. The van der Waals surface area contributed by atoms with E-state index >= 15 is 0 Å². The van der Waals surface area contributed by atoms with E-state index in [1.165, 1.54) is 4.90 Å². The molecule has 0 aromatic heterocycles. The number of carbonyl (C=O) groups excluding carboxylic acids is 3. The Bertz CT molecular complexity index is 1360. The lowest BCUT2D eigenvalue weighted by atomic mass is 9.54. The van der Waals surface area contributed by atoms with E-state index in [1.54, 1.807) is 0 Å². The van der Waals surface area contributed by atoms with Gasteiger partial charge in [-0.2, -0.15) is 0 Å². The number of rotatable bonds is 6. The van der Waals surface area contributed by atoms with Gasteiger partial charge in [0.2, 0.25) is 17.7 Å². The molecule has 0 saturated carbocycles. The van der Waals surface area contributed by atoms with E-state index in [-0.39, 0.29) is 30.7 Å². The van der Waals surface area contributed by atoms with Crippen molar-refractivity contribution in [3.63, 3.8) is 0 Å². The van der Waals surface area contributed by atoms with Crippen LogP contribution >= 0.6 is 23.2 Å². The molecule has 7 rings (SSSR count). The Labute approximate surface area is 232 Å². The van der Waals surface area contributed by atoms with Crippen LogP contribution in [-0.2, 0) is 37.0 Å². The van der Waals surface area contributed by atoms with Gasteiger partial charge in [0.15, 0.2) is 0 Å². The molecule has 1 N–H and O–H groups in total. The average molecular weight is 547 g/mol. The van der Waals surface area contributed by atoms with Crippen molar-refractivity contribution in [1.82, 2.24) is 4.90 Å². The third-order valence-corrected chi connectivity index (χ3v) is 9.79. The van der Waals surface area contributed by atoms with Gasteiger partial charge in [0.05, 0.1) is 11.8 Å². The molecule has 1 saturated heterocycles. The zero-order valence-electron chi connectivity index (χ0n) is 21.3. The third kappa shape index (κ3) is 3.21. The van der Waals surface area contributed by atoms with Crippen LogP contribution in [0, 0.1) is 11.8 Å². The van der Waals surface area contributed by atoms with E-state index in [1.807, 2.05) is 80.6 Å². The average Bonchev–Trinajstić information content (AvgIpc) is 3.20. The number of para-hydroxylation sites is 1. The Hall–Kier alpha value is -3.15. The minimum Gasteiger partial charge on any atom is -0.326 e. The number of imide groups is 1. The lowest BCUT2D eigenvalue weighted by Crippen LogP contribution is -2.57. The summed E-state index contributed by atoms with van der Waals surface area (Å²) in [6.07, 6.45) is 1.56. The molecule has 2 atom stereocenters. The number of halogens is 2. The normalized spacial score (nSPS) is 26.7. The third-order valence-electron chi connectivity index (χ3n) is 8.50. The summed E-state index contributed by atoms with van der Waals surface area (Å²) in [6.45, 7) is 4.06. The van der Waals surface area contributed by atoms with Gasteiger partial charge in [-0.05, 0) is 46.2 Å². The molecule has 1 aliphatic heterocycles. The second-order valence-electron chi connectivity index (χ2n) is 10.3. The summed E-state index contributed by atoms with van der Waals surface area (Å²) < 4.78 is 0. The fourth-order valence-corrected chi connectivity index (χ4v) is 7.86. The molecule has 3 aromatic carbocycles. The Balaban J connectivity index is 1.32. The highest BCUT2D eigenvalue weighted by Crippen LogP contribution is 2.69. The maximum atomic E-state index is 13.9. The second-order valence-corrected chi connectivity index (χ2v) is 11.4. The van der Waals surface area contributed by atoms with Gasteiger partial charge in [-0.15, -0.1) is 23.2 Å². The van der Waals surface area contributed by atoms with Crippen molar-refractivity contribution in [3.8, 4) is 0 Å². The molecule has 5 nitrogen and oxygen atoms in total. The van der Waals surface area contributed by atoms with Crippen molar-refractivity contribution in [2.24, 2.45) is 11.8 Å². The van der Waals surface area contributed by atoms with Crippen molar-refractivity contribution in [2.75, 3.05) is 11.9 Å². The van der Waals surface area contributed by atoms with Gasteiger partial charge in [0, 0.05) is 18.7 Å². The summed E-state index contributed by atoms with van der Waals surface area (Å²) in [7, 11) is 0. The lowest BCUT2D eigenvalue weighted by Gasteiger charge is -2.54. The molecule has 194 valence electrons. The van der Waals surface area contributed by atoms with Crippen LogP contribution in [0.1, 0.15) is 53.6 Å².